The van der Waals surface area contributed by atoms with Crippen LogP contribution in [0.25, 0.3) is 0 Å². The molecule has 1 saturated carbocycles. The highest BCUT2D eigenvalue weighted by Crippen LogP contribution is 2.34. The zero-order valence-corrected chi connectivity index (χ0v) is 14.3. The van der Waals surface area contributed by atoms with Crippen LogP contribution < -0.4 is 0 Å². The Morgan fingerprint density at radius 1 is 1.32 bits per heavy atom. The number of benzene rings is 1. The topological polar surface area (TPSA) is 101 Å². The van der Waals surface area contributed by atoms with Crippen molar-refractivity contribution in [2.75, 3.05) is 7.11 Å². The second-order valence-corrected chi connectivity index (χ2v) is 7.56. The minimum atomic E-state index is -3.78. The summed E-state index contributed by atoms with van der Waals surface area (Å²) in [5.41, 5.74) is 0.596. The third kappa shape index (κ3) is 3.43. The first-order valence-corrected chi connectivity index (χ1v) is 9.08. The fourth-order valence-corrected chi connectivity index (χ4v) is 4.15. The normalized spacial score (nSPS) is 14.3. The second-order valence-electron chi connectivity index (χ2n) is 5.67. The molecule has 1 aliphatic carbocycles. The molecule has 0 aliphatic heterocycles. The number of rotatable bonds is 6. The highest BCUT2D eigenvalue weighted by molar-refractivity contribution is 7.89. The van der Waals surface area contributed by atoms with Gasteiger partial charge in [-0.05, 0) is 43.2 Å². The Balaban J connectivity index is 1.92. The first kappa shape index (κ1) is 17.2. The van der Waals surface area contributed by atoms with Crippen LogP contribution in [-0.4, -0.2) is 31.8 Å². The van der Waals surface area contributed by atoms with Gasteiger partial charge >= 0.3 is 5.97 Å². The van der Waals surface area contributed by atoms with E-state index in [1.54, 1.807) is 0 Å². The van der Waals surface area contributed by atoms with Gasteiger partial charge in [0.25, 0.3) is 0 Å². The molecule has 7 nitrogen and oxygen atoms in total. The van der Waals surface area contributed by atoms with Crippen LogP contribution in [0.2, 0.25) is 0 Å². The van der Waals surface area contributed by atoms with Crippen molar-refractivity contribution in [3.05, 3.63) is 53.5 Å². The van der Waals surface area contributed by atoms with Gasteiger partial charge in [-0.1, -0.05) is 0 Å². The van der Waals surface area contributed by atoms with Crippen molar-refractivity contribution in [2.45, 2.75) is 30.3 Å². The number of esters is 1. The molecule has 1 heterocycles. The number of hydrogen-bond donors (Lipinski definition) is 0. The van der Waals surface area contributed by atoms with E-state index in [2.05, 4.69) is 0 Å². The van der Waals surface area contributed by atoms with E-state index in [1.807, 2.05) is 6.07 Å². The van der Waals surface area contributed by atoms with Crippen LogP contribution in [0.15, 0.2) is 45.9 Å². The molecule has 8 heteroatoms. The lowest BCUT2D eigenvalue weighted by Crippen LogP contribution is -2.33. The standard InChI is InChI=1S/C17H16N2O5S/c1-23-17(20)15-8-9-24-16(15)11-19(13-4-5-13)25(21,22)14-6-2-12(10-18)3-7-14/h2-3,6-9,13H,4-5,11H2,1H3. The van der Waals surface area contributed by atoms with Crippen LogP contribution in [0.5, 0.6) is 0 Å². The molecule has 1 fully saturated rings. The van der Waals surface area contributed by atoms with Gasteiger partial charge in [-0.3, -0.25) is 0 Å². The minimum absolute atomic E-state index is 0.0512. The molecule has 0 spiro atoms. The van der Waals surface area contributed by atoms with Crippen LogP contribution in [0.4, 0.5) is 0 Å². The van der Waals surface area contributed by atoms with Gasteiger partial charge in [0.05, 0.1) is 36.4 Å². The van der Waals surface area contributed by atoms with Crippen molar-refractivity contribution in [2.24, 2.45) is 0 Å². The molecule has 0 radical (unpaired) electrons. The molecule has 3 rings (SSSR count). The Labute approximate surface area is 145 Å². The number of sulfonamides is 1. The summed E-state index contributed by atoms with van der Waals surface area (Å²) in [7, 11) is -2.52. The van der Waals surface area contributed by atoms with Crippen molar-refractivity contribution in [3.63, 3.8) is 0 Å². The highest BCUT2D eigenvalue weighted by atomic mass is 32.2. The van der Waals surface area contributed by atoms with Gasteiger partial charge in [-0.2, -0.15) is 9.57 Å². The molecule has 25 heavy (non-hydrogen) atoms. The van der Waals surface area contributed by atoms with Crippen LogP contribution in [-0.2, 0) is 21.3 Å². The SMILES string of the molecule is COC(=O)c1ccoc1CN(C1CC1)S(=O)(=O)c1ccc(C#N)cc1. The smallest absolute Gasteiger partial charge is 0.341 e. The summed E-state index contributed by atoms with van der Waals surface area (Å²) < 4.78 is 37.3. The molecule has 0 unspecified atom stereocenters. The minimum Gasteiger partial charge on any atom is -0.467 e. The lowest BCUT2D eigenvalue weighted by Gasteiger charge is -2.21. The molecule has 1 aromatic carbocycles. The maximum Gasteiger partial charge on any atom is 0.341 e. The summed E-state index contributed by atoms with van der Waals surface area (Å²) in [6, 6.07) is 9.03. The van der Waals surface area contributed by atoms with Crippen LogP contribution in [0.1, 0.15) is 34.5 Å². The molecule has 0 saturated heterocycles. The number of nitrogens with zero attached hydrogens (tertiary/aromatic N) is 2. The molecule has 0 atom stereocenters. The van der Waals surface area contributed by atoms with Gasteiger partial charge in [-0.15, -0.1) is 0 Å². The van der Waals surface area contributed by atoms with Gasteiger partial charge < -0.3 is 9.15 Å². The predicted molar refractivity (Wildman–Crippen MR) is 87.0 cm³/mol. The number of furan rings is 1. The summed E-state index contributed by atoms with van der Waals surface area (Å²) in [5.74, 6) is -0.328. The van der Waals surface area contributed by atoms with Gasteiger partial charge in [0.2, 0.25) is 10.0 Å². The summed E-state index contributed by atoms with van der Waals surface area (Å²) in [6.45, 7) is -0.0512. The largest absolute Gasteiger partial charge is 0.467 e. The Kier molecular flexibility index (Phi) is 4.61. The average molecular weight is 360 g/mol. The lowest BCUT2D eigenvalue weighted by molar-refractivity contribution is 0.0597. The second kappa shape index (κ2) is 6.70. The van der Waals surface area contributed by atoms with Crippen molar-refractivity contribution < 1.29 is 22.4 Å². The first-order valence-electron chi connectivity index (χ1n) is 7.64. The van der Waals surface area contributed by atoms with E-state index in [9.17, 15) is 13.2 Å². The van der Waals surface area contributed by atoms with Crippen LogP contribution >= 0.6 is 0 Å². The summed E-state index contributed by atoms with van der Waals surface area (Å²) >= 11 is 0. The molecule has 1 aliphatic rings. The van der Waals surface area contributed by atoms with Crippen molar-refractivity contribution >= 4 is 16.0 Å². The molecular formula is C17H16N2O5S. The fourth-order valence-electron chi connectivity index (χ4n) is 2.51. The summed E-state index contributed by atoms with van der Waals surface area (Å²) in [6.07, 6.45) is 2.84. The third-order valence-corrected chi connectivity index (χ3v) is 5.91. The lowest BCUT2D eigenvalue weighted by atomic mass is 10.2. The van der Waals surface area contributed by atoms with Crippen molar-refractivity contribution in [1.29, 1.82) is 5.26 Å². The summed E-state index contributed by atoms with van der Waals surface area (Å²) in [4.78, 5) is 11.9. The Bertz CT molecular complexity index is 921. The van der Waals surface area contributed by atoms with E-state index in [-0.39, 0.29) is 28.8 Å². The van der Waals surface area contributed by atoms with E-state index in [4.69, 9.17) is 14.4 Å². The van der Waals surface area contributed by atoms with Gasteiger partial charge in [-0.25, -0.2) is 13.2 Å². The molecule has 0 bridgehead atoms. The maximum atomic E-state index is 13.0. The number of carbonyl (C=O) groups excluding carboxylic acids is 1. The number of carbonyl (C=O) groups is 1. The quantitative estimate of drug-likeness (QED) is 0.733. The van der Waals surface area contributed by atoms with E-state index >= 15 is 0 Å². The van der Waals surface area contributed by atoms with Gasteiger partial charge in [0.15, 0.2) is 0 Å². The van der Waals surface area contributed by atoms with E-state index in [0.717, 1.165) is 12.8 Å². The number of hydrogen-bond acceptors (Lipinski definition) is 6. The van der Waals surface area contributed by atoms with E-state index in [1.165, 1.54) is 48.0 Å². The zero-order chi connectivity index (χ0) is 18.0. The van der Waals surface area contributed by atoms with E-state index in [0.29, 0.717) is 5.56 Å². The Hall–Kier alpha value is -2.63. The molecule has 2 aromatic rings. The van der Waals surface area contributed by atoms with Crippen molar-refractivity contribution in [3.8, 4) is 6.07 Å². The number of ether oxygens (including phenoxy) is 1. The van der Waals surface area contributed by atoms with Crippen LogP contribution in [0, 0.1) is 11.3 Å². The average Bonchev–Trinajstić information content (AvgIpc) is 3.36. The predicted octanol–water partition coefficient (Wildman–Crippen LogP) is 2.29. The van der Waals surface area contributed by atoms with E-state index < -0.39 is 16.0 Å². The molecule has 130 valence electrons. The number of methoxy groups -OCH3 is 1. The van der Waals surface area contributed by atoms with Gasteiger partial charge in [0.1, 0.15) is 11.3 Å². The molecule has 0 amide bonds. The zero-order valence-electron chi connectivity index (χ0n) is 13.5. The monoisotopic (exact) mass is 360 g/mol. The Morgan fingerprint density at radius 2 is 2.00 bits per heavy atom. The summed E-state index contributed by atoms with van der Waals surface area (Å²) in [5, 5.41) is 8.85. The molecular weight excluding hydrogens is 344 g/mol. The first-order chi connectivity index (χ1) is 12.0. The van der Waals surface area contributed by atoms with Crippen LogP contribution in [0.3, 0.4) is 0 Å². The van der Waals surface area contributed by atoms with Gasteiger partial charge in [0, 0.05) is 6.04 Å². The highest BCUT2D eigenvalue weighted by Gasteiger charge is 2.39. The fraction of sp³-hybridized carbons (Fsp3) is 0.294. The maximum absolute atomic E-state index is 13.0. The third-order valence-electron chi connectivity index (χ3n) is 3.99. The molecule has 1 aromatic heterocycles. The Morgan fingerprint density at radius 3 is 2.56 bits per heavy atom. The molecule has 0 N–H and O–H groups in total. The van der Waals surface area contributed by atoms with Crippen molar-refractivity contribution in [1.82, 2.24) is 4.31 Å². The number of nitriles is 1.